The van der Waals surface area contributed by atoms with E-state index in [4.69, 9.17) is 0 Å². The number of sulfone groups is 1. The summed E-state index contributed by atoms with van der Waals surface area (Å²) in [5, 5.41) is -1.09. The number of carbonyl (C=O) groups excluding carboxylic acids is 1. The minimum Gasteiger partial charge on any atom is -0.286 e. The predicted octanol–water partition coefficient (Wildman–Crippen LogP) is 4.95. The van der Waals surface area contributed by atoms with Crippen LogP contribution >= 0.6 is 15.9 Å². The first-order valence-corrected chi connectivity index (χ1v) is 11.0. The van der Waals surface area contributed by atoms with E-state index in [1.54, 1.807) is 60.7 Å². The van der Waals surface area contributed by atoms with E-state index in [2.05, 4.69) is 15.9 Å². The molecule has 140 valence electrons. The second kappa shape index (κ2) is 7.37. The summed E-state index contributed by atoms with van der Waals surface area (Å²) in [5.41, 5.74) is 1.75. The number of halogens is 1. The molecule has 3 aromatic carbocycles. The van der Waals surface area contributed by atoms with Crippen LogP contribution in [0.15, 0.2) is 94.3 Å². The van der Waals surface area contributed by atoms with Crippen molar-refractivity contribution in [1.82, 2.24) is 0 Å². The number of carbonyl (C=O) groups is 1. The van der Waals surface area contributed by atoms with Crippen LogP contribution in [0.3, 0.4) is 0 Å². The van der Waals surface area contributed by atoms with Crippen LogP contribution in [0.4, 0.5) is 5.69 Å². The molecule has 4 nitrogen and oxygen atoms in total. The Hall–Kier alpha value is -2.70. The van der Waals surface area contributed by atoms with E-state index in [9.17, 15) is 13.2 Å². The maximum atomic E-state index is 13.4. The van der Waals surface area contributed by atoms with E-state index in [0.717, 1.165) is 4.47 Å². The van der Waals surface area contributed by atoms with Crippen LogP contribution in [0, 0.1) is 0 Å². The molecule has 0 radical (unpaired) electrons. The average Bonchev–Trinajstić information content (AvgIpc) is 2.91. The minimum atomic E-state index is -3.91. The average molecular weight is 454 g/mol. The minimum absolute atomic E-state index is 0.201. The molecule has 0 bridgehead atoms. The first kappa shape index (κ1) is 18.7. The topological polar surface area (TPSA) is 54.5 Å². The lowest BCUT2D eigenvalue weighted by atomic mass is 10.1. The summed E-state index contributed by atoms with van der Waals surface area (Å²) >= 11 is 3.36. The van der Waals surface area contributed by atoms with Crippen LogP contribution in [-0.4, -0.2) is 14.3 Å². The zero-order valence-corrected chi connectivity index (χ0v) is 17.1. The number of amides is 1. The molecule has 3 aromatic rings. The standard InChI is InChI=1S/C22H16BrNO3S/c23-18-13-11-16(12-14-18)15-20-21(25)24(19-9-5-2-6-10-19)22(28(20,26)27)17-7-3-1-4-8-17/h1-15,22H/b20-15+. The highest BCUT2D eigenvalue weighted by atomic mass is 79.9. The van der Waals surface area contributed by atoms with Crippen molar-refractivity contribution in [2.75, 3.05) is 4.90 Å². The Morgan fingerprint density at radius 3 is 2.00 bits per heavy atom. The normalized spacial score (nSPS) is 19.9. The van der Waals surface area contributed by atoms with Gasteiger partial charge in [-0.2, -0.15) is 0 Å². The van der Waals surface area contributed by atoms with E-state index < -0.39 is 21.1 Å². The van der Waals surface area contributed by atoms with Crippen molar-refractivity contribution in [3.8, 4) is 0 Å². The molecule has 1 atom stereocenters. The van der Waals surface area contributed by atoms with Gasteiger partial charge in [-0.25, -0.2) is 8.42 Å². The van der Waals surface area contributed by atoms with E-state index in [-0.39, 0.29) is 4.91 Å². The number of nitrogens with zero attached hydrogens (tertiary/aromatic N) is 1. The maximum Gasteiger partial charge on any atom is 0.271 e. The summed E-state index contributed by atoms with van der Waals surface area (Å²) in [4.78, 5) is 14.4. The van der Waals surface area contributed by atoms with Crippen LogP contribution in [-0.2, 0) is 14.6 Å². The Balaban J connectivity index is 1.90. The van der Waals surface area contributed by atoms with E-state index in [1.807, 2.05) is 24.3 Å². The number of rotatable bonds is 3. The molecule has 28 heavy (non-hydrogen) atoms. The van der Waals surface area contributed by atoms with Crippen molar-refractivity contribution in [3.63, 3.8) is 0 Å². The van der Waals surface area contributed by atoms with E-state index >= 15 is 0 Å². The smallest absolute Gasteiger partial charge is 0.271 e. The fourth-order valence-corrected chi connectivity index (χ4v) is 5.40. The highest BCUT2D eigenvalue weighted by molar-refractivity contribution is 9.10. The molecule has 0 saturated carbocycles. The molecule has 0 aromatic heterocycles. The number of hydrogen-bond acceptors (Lipinski definition) is 3. The number of para-hydroxylation sites is 1. The summed E-state index contributed by atoms with van der Waals surface area (Å²) in [6.45, 7) is 0. The van der Waals surface area contributed by atoms with Gasteiger partial charge >= 0.3 is 0 Å². The van der Waals surface area contributed by atoms with E-state index in [1.165, 1.54) is 11.0 Å². The second-order valence-electron chi connectivity index (χ2n) is 6.38. The monoisotopic (exact) mass is 453 g/mol. The highest BCUT2D eigenvalue weighted by Gasteiger charge is 2.50. The molecule has 1 heterocycles. The SMILES string of the molecule is O=C1/C(=C\c2ccc(Br)cc2)S(=O)(=O)C(c2ccccc2)N1c1ccccc1. The zero-order chi connectivity index (χ0) is 19.7. The molecule has 1 aliphatic heterocycles. The molecule has 0 aliphatic carbocycles. The molecule has 6 heteroatoms. The van der Waals surface area contributed by atoms with Gasteiger partial charge in [0.25, 0.3) is 5.91 Å². The van der Waals surface area contributed by atoms with Crippen LogP contribution in [0.1, 0.15) is 16.5 Å². The molecule has 1 fully saturated rings. The largest absolute Gasteiger partial charge is 0.286 e. The van der Waals surface area contributed by atoms with Crippen LogP contribution in [0.2, 0.25) is 0 Å². The molecule has 1 saturated heterocycles. The Morgan fingerprint density at radius 2 is 1.39 bits per heavy atom. The Kier molecular flexibility index (Phi) is 4.91. The summed E-state index contributed by atoms with van der Waals surface area (Å²) in [6, 6.07) is 24.9. The fraction of sp³-hybridized carbons (Fsp3) is 0.0455. The third-order valence-corrected chi connectivity index (χ3v) is 7.06. The van der Waals surface area contributed by atoms with Crippen molar-refractivity contribution in [2.24, 2.45) is 0 Å². The maximum absolute atomic E-state index is 13.4. The van der Waals surface area contributed by atoms with Crippen molar-refractivity contribution in [2.45, 2.75) is 5.37 Å². The molecular formula is C22H16BrNO3S. The number of benzene rings is 3. The highest BCUT2D eigenvalue weighted by Crippen LogP contribution is 2.43. The first-order valence-electron chi connectivity index (χ1n) is 8.63. The molecule has 0 spiro atoms. The van der Waals surface area contributed by atoms with Crippen LogP contribution in [0.5, 0.6) is 0 Å². The number of anilines is 1. The summed E-state index contributed by atoms with van der Waals surface area (Å²) < 4.78 is 27.7. The van der Waals surface area contributed by atoms with Gasteiger partial charge in [0.1, 0.15) is 4.91 Å². The lowest BCUT2D eigenvalue weighted by Crippen LogP contribution is -2.28. The Morgan fingerprint density at radius 1 is 0.821 bits per heavy atom. The van der Waals surface area contributed by atoms with Crippen LogP contribution < -0.4 is 4.90 Å². The molecule has 4 rings (SSSR count). The molecule has 1 amide bonds. The Bertz CT molecular complexity index is 1140. The van der Waals surface area contributed by atoms with Gasteiger partial charge in [-0.15, -0.1) is 0 Å². The molecule has 1 aliphatic rings. The van der Waals surface area contributed by atoms with Crippen molar-refractivity contribution in [3.05, 3.63) is 105 Å². The van der Waals surface area contributed by atoms with Gasteiger partial charge < -0.3 is 0 Å². The lowest BCUT2D eigenvalue weighted by molar-refractivity contribution is -0.114. The van der Waals surface area contributed by atoms with Gasteiger partial charge in [-0.1, -0.05) is 76.6 Å². The molecule has 0 N–H and O–H groups in total. The van der Waals surface area contributed by atoms with Gasteiger partial charge in [0.15, 0.2) is 5.37 Å². The third-order valence-electron chi connectivity index (χ3n) is 4.55. The molecular weight excluding hydrogens is 438 g/mol. The summed E-state index contributed by atoms with van der Waals surface area (Å²) in [7, 11) is -3.91. The van der Waals surface area contributed by atoms with Crippen LogP contribution in [0.25, 0.3) is 6.08 Å². The van der Waals surface area contributed by atoms with Crippen molar-refractivity contribution < 1.29 is 13.2 Å². The summed E-state index contributed by atoms with van der Waals surface area (Å²) in [6.07, 6.45) is 1.45. The van der Waals surface area contributed by atoms with Crippen molar-refractivity contribution >= 4 is 43.4 Å². The molecule has 1 unspecified atom stereocenters. The third kappa shape index (κ3) is 3.30. The van der Waals surface area contributed by atoms with Gasteiger partial charge in [0.2, 0.25) is 9.84 Å². The van der Waals surface area contributed by atoms with Gasteiger partial charge in [0.05, 0.1) is 0 Å². The lowest BCUT2D eigenvalue weighted by Gasteiger charge is -2.23. The van der Waals surface area contributed by atoms with Gasteiger partial charge in [-0.05, 0) is 41.5 Å². The first-order chi connectivity index (χ1) is 13.5. The van der Waals surface area contributed by atoms with Crippen molar-refractivity contribution in [1.29, 1.82) is 0 Å². The summed E-state index contributed by atoms with van der Waals surface area (Å²) in [5.74, 6) is -0.525. The number of hydrogen-bond donors (Lipinski definition) is 0. The zero-order valence-electron chi connectivity index (χ0n) is 14.7. The van der Waals surface area contributed by atoms with E-state index in [0.29, 0.717) is 16.8 Å². The fourth-order valence-electron chi connectivity index (χ4n) is 3.25. The predicted molar refractivity (Wildman–Crippen MR) is 114 cm³/mol. The van der Waals surface area contributed by atoms with Gasteiger partial charge in [-0.3, -0.25) is 9.69 Å². The quantitative estimate of drug-likeness (QED) is 0.527. The van der Waals surface area contributed by atoms with Gasteiger partial charge in [0, 0.05) is 10.2 Å². The Labute approximate surface area is 172 Å². The second-order valence-corrected chi connectivity index (χ2v) is 9.27.